The number of carbonyl (C=O) groups excluding carboxylic acids is 4. The third kappa shape index (κ3) is 11.3. The summed E-state index contributed by atoms with van der Waals surface area (Å²) in [5, 5.41) is 9.52. The van der Waals surface area contributed by atoms with E-state index in [0.717, 1.165) is 0 Å². The molecule has 0 aromatic heterocycles. The fourth-order valence-corrected chi connectivity index (χ4v) is 2.67. The van der Waals surface area contributed by atoms with Crippen molar-refractivity contribution in [2.45, 2.75) is 77.8 Å². The zero-order valence-corrected chi connectivity index (χ0v) is 20.2. The second kappa shape index (κ2) is 12.7. The Labute approximate surface area is 185 Å². The van der Waals surface area contributed by atoms with Crippen LogP contribution in [-0.4, -0.2) is 60.3 Å². The van der Waals surface area contributed by atoms with Crippen molar-refractivity contribution in [2.24, 2.45) is 11.8 Å². The highest BCUT2D eigenvalue weighted by Crippen LogP contribution is 2.09. The van der Waals surface area contributed by atoms with Crippen LogP contribution in [0.15, 0.2) is 0 Å². The minimum atomic E-state index is -0.875. The first-order chi connectivity index (χ1) is 13.7. The van der Waals surface area contributed by atoms with Crippen molar-refractivity contribution < 1.29 is 23.9 Å². The molecular weight excluding hydrogens is 408 g/mol. The highest BCUT2D eigenvalue weighted by atomic mass is 32.1. The summed E-state index contributed by atoms with van der Waals surface area (Å²) < 4.78 is 5.12. The second-order valence-electron chi connectivity index (χ2n) is 8.93. The van der Waals surface area contributed by atoms with Crippen LogP contribution in [0.2, 0.25) is 0 Å². The number of ether oxygens (including phenoxy) is 1. The zero-order valence-electron chi connectivity index (χ0n) is 19.3. The third-order valence-corrected chi connectivity index (χ3v) is 4.39. The second-order valence-corrected chi connectivity index (χ2v) is 9.56. The minimum absolute atomic E-state index is 0.0628. The minimum Gasteiger partial charge on any atom is -0.444 e. The molecule has 0 heterocycles. The van der Waals surface area contributed by atoms with Gasteiger partial charge in [0.1, 0.15) is 17.7 Å². The summed E-state index contributed by atoms with van der Waals surface area (Å²) in [6.07, 6.45) is -0.271. The summed E-state index contributed by atoms with van der Waals surface area (Å²) in [4.78, 5) is 49.1. The molecule has 0 spiro atoms. The first kappa shape index (κ1) is 28.0. The van der Waals surface area contributed by atoms with Gasteiger partial charge >= 0.3 is 6.09 Å². The normalized spacial score (nSPS) is 14.5. The molecule has 0 fully saturated rings. The van der Waals surface area contributed by atoms with E-state index in [9.17, 15) is 19.2 Å². The molecule has 0 radical (unpaired) electrons. The maximum atomic E-state index is 12.8. The maximum absolute atomic E-state index is 12.8. The Kier molecular flexibility index (Phi) is 11.8. The standard InChI is InChI=1S/C20H38N4O5S/c1-11(2)9-13(16(25)24-15(12(3)4)18(27)21-8)23-17(26)14(30)10-22-19(28)29-20(5,6)7/h11-15,30H,9-10H2,1-8H3,(H,21,27)(H,22,28)(H,23,26)(H,24,25)/t13-,14?,15-/m0/s1. The van der Waals surface area contributed by atoms with Crippen LogP contribution in [0.4, 0.5) is 4.79 Å². The average molecular weight is 447 g/mol. The predicted octanol–water partition coefficient (Wildman–Crippen LogP) is 1.23. The van der Waals surface area contributed by atoms with E-state index in [1.807, 2.05) is 27.7 Å². The summed E-state index contributed by atoms with van der Waals surface area (Å²) in [6, 6.07) is -1.55. The van der Waals surface area contributed by atoms with E-state index >= 15 is 0 Å². The van der Waals surface area contributed by atoms with Crippen LogP contribution < -0.4 is 21.3 Å². The van der Waals surface area contributed by atoms with Gasteiger partial charge < -0.3 is 26.0 Å². The van der Waals surface area contributed by atoms with Gasteiger partial charge in [0, 0.05) is 13.6 Å². The van der Waals surface area contributed by atoms with Crippen molar-refractivity contribution >= 4 is 36.4 Å². The Morgan fingerprint density at radius 1 is 0.933 bits per heavy atom. The zero-order chi connectivity index (χ0) is 23.6. The Morgan fingerprint density at radius 2 is 1.50 bits per heavy atom. The lowest BCUT2D eigenvalue weighted by Gasteiger charge is -2.26. The van der Waals surface area contributed by atoms with Crippen molar-refractivity contribution in [1.82, 2.24) is 21.3 Å². The highest BCUT2D eigenvalue weighted by molar-refractivity contribution is 7.81. The molecule has 0 aromatic carbocycles. The number of amides is 4. The fraction of sp³-hybridized carbons (Fsp3) is 0.800. The summed E-state index contributed by atoms with van der Waals surface area (Å²) in [7, 11) is 1.50. The molecule has 10 heteroatoms. The number of likely N-dealkylation sites (N-methyl/N-ethyl adjacent to an activating group) is 1. The van der Waals surface area contributed by atoms with E-state index in [4.69, 9.17) is 4.74 Å². The molecule has 0 bridgehead atoms. The molecule has 4 amide bonds. The number of hydrogen-bond acceptors (Lipinski definition) is 6. The number of nitrogens with one attached hydrogen (secondary N) is 4. The third-order valence-electron chi connectivity index (χ3n) is 3.97. The van der Waals surface area contributed by atoms with Gasteiger partial charge in [0.2, 0.25) is 17.7 Å². The van der Waals surface area contributed by atoms with Gasteiger partial charge in [-0.15, -0.1) is 0 Å². The first-order valence-electron chi connectivity index (χ1n) is 10.1. The Bertz CT molecular complexity index is 604. The van der Waals surface area contributed by atoms with E-state index < -0.39 is 40.8 Å². The van der Waals surface area contributed by atoms with E-state index in [1.165, 1.54) is 7.05 Å². The van der Waals surface area contributed by atoms with Crippen LogP contribution >= 0.6 is 12.6 Å². The molecule has 0 aliphatic carbocycles. The molecule has 30 heavy (non-hydrogen) atoms. The molecule has 0 aliphatic heterocycles. The van der Waals surface area contributed by atoms with Crippen LogP contribution in [0.1, 0.15) is 54.9 Å². The molecule has 0 aliphatic rings. The molecule has 174 valence electrons. The van der Waals surface area contributed by atoms with Crippen LogP contribution in [0.3, 0.4) is 0 Å². The maximum Gasteiger partial charge on any atom is 0.407 e. The van der Waals surface area contributed by atoms with Gasteiger partial charge in [0.05, 0.1) is 5.25 Å². The average Bonchev–Trinajstić information content (AvgIpc) is 2.60. The Balaban J connectivity index is 5.02. The highest BCUT2D eigenvalue weighted by Gasteiger charge is 2.30. The van der Waals surface area contributed by atoms with Crippen LogP contribution in [0.5, 0.6) is 0 Å². The summed E-state index contributed by atoms with van der Waals surface area (Å²) in [5.74, 6) is -1.26. The Morgan fingerprint density at radius 3 is 1.93 bits per heavy atom. The van der Waals surface area contributed by atoms with Gasteiger partial charge in [0.25, 0.3) is 0 Å². The van der Waals surface area contributed by atoms with E-state index in [2.05, 4.69) is 33.9 Å². The predicted molar refractivity (Wildman–Crippen MR) is 119 cm³/mol. The van der Waals surface area contributed by atoms with E-state index in [-0.39, 0.29) is 24.3 Å². The fourth-order valence-electron chi connectivity index (χ4n) is 2.50. The molecule has 1 unspecified atom stereocenters. The molecule has 0 saturated heterocycles. The van der Waals surface area contributed by atoms with Crippen LogP contribution in [0.25, 0.3) is 0 Å². The van der Waals surface area contributed by atoms with Gasteiger partial charge in [-0.3, -0.25) is 14.4 Å². The SMILES string of the molecule is CNC(=O)[C@@H](NC(=O)[C@H](CC(C)C)NC(=O)C(S)CNC(=O)OC(C)(C)C)C(C)C. The van der Waals surface area contributed by atoms with Crippen molar-refractivity contribution in [3.05, 3.63) is 0 Å². The lowest BCUT2D eigenvalue weighted by atomic mass is 10.00. The largest absolute Gasteiger partial charge is 0.444 e. The van der Waals surface area contributed by atoms with Gasteiger partial charge in [-0.25, -0.2) is 4.79 Å². The molecule has 9 nitrogen and oxygen atoms in total. The number of alkyl carbamates (subject to hydrolysis) is 1. The van der Waals surface area contributed by atoms with Gasteiger partial charge in [-0.2, -0.15) is 12.6 Å². The van der Waals surface area contributed by atoms with E-state index in [0.29, 0.717) is 6.42 Å². The van der Waals surface area contributed by atoms with E-state index in [1.54, 1.807) is 20.8 Å². The first-order valence-corrected chi connectivity index (χ1v) is 10.7. The summed E-state index contributed by atoms with van der Waals surface area (Å²) in [6.45, 7) is 12.6. The molecule has 0 rings (SSSR count). The van der Waals surface area contributed by atoms with Crippen molar-refractivity contribution in [2.75, 3.05) is 13.6 Å². The molecule has 4 N–H and O–H groups in total. The molecule has 0 aromatic rings. The molecule has 0 saturated carbocycles. The van der Waals surface area contributed by atoms with Crippen molar-refractivity contribution in [3.8, 4) is 0 Å². The number of thiol groups is 1. The molecule has 3 atom stereocenters. The summed E-state index contributed by atoms with van der Waals surface area (Å²) >= 11 is 4.22. The molecular formula is C20H38N4O5S. The lowest BCUT2D eigenvalue weighted by Crippen LogP contribution is -2.56. The van der Waals surface area contributed by atoms with Gasteiger partial charge in [-0.05, 0) is 39.0 Å². The summed E-state index contributed by atoms with van der Waals surface area (Å²) in [5.41, 5.74) is -0.656. The quantitative estimate of drug-likeness (QED) is 0.323. The van der Waals surface area contributed by atoms with Crippen LogP contribution in [0, 0.1) is 11.8 Å². The van der Waals surface area contributed by atoms with Crippen molar-refractivity contribution in [1.29, 1.82) is 0 Å². The Hall–Kier alpha value is -1.97. The topological polar surface area (TPSA) is 126 Å². The number of rotatable bonds is 10. The number of carbonyl (C=O) groups is 4. The lowest BCUT2D eigenvalue weighted by molar-refractivity contribution is -0.132. The van der Waals surface area contributed by atoms with Crippen molar-refractivity contribution in [3.63, 3.8) is 0 Å². The van der Waals surface area contributed by atoms with Gasteiger partial charge in [0.15, 0.2) is 0 Å². The monoisotopic (exact) mass is 446 g/mol. The smallest absolute Gasteiger partial charge is 0.407 e. The van der Waals surface area contributed by atoms with Gasteiger partial charge in [-0.1, -0.05) is 27.7 Å². The van der Waals surface area contributed by atoms with Crippen LogP contribution in [-0.2, 0) is 19.1 Å². The number of hydrogen-bond donors (Lipinski definition) is 5.